The number of methoxy groups -OCH3 is 1. The maximum absolute atomic E-state index is 10.7. The summed E-state index contributed by atoms with van der Waals surface area (Å²) in [4.78, 5) is 10.7. The molecule has 0 aromatic heterocycles. The highest BCUT2D eigenvalue weighted by Gasteiger charge is 2.09. The van der Waals surface area contributed by atoms with Crippen molar-refractivity contribution < 1.29 is 19.4 Å². The molecule has 4 nitrogen and oxygen atoms in total. The third kappa shape index (κ3) is 3.46. The molecule has 0 saturated heterocycles. The number of benzene rings is 1. The molecule has 16 heavy (non-hydrogen) atoms. The highest BCUT2D eigenvalue weighted by atomic mass is 16.5. The molecule has 0 heterocycles. The number of hydrogen-bond acceptors (Lipinski definition) is 3. The first-order valence-electron chi connectivity index (χ1n) is 5.08. The van der Waals surface area contributed by atoms with E-state index in [2.05, 4.69) is 0 Å². The first-order valence-corrected chi connectivity index (χ1v) is 5.08. The maximum atomic E-state index is 10.7. The van der Waals surface area contributed by atoms with Gasteiger partial charge in [-0.3, -0.25) is 4.79 Å². The first kappa shape index (κ1) is 12.4. The zero-order chi connectivity index (χ0) is 12.1. The van der Waals surface area contributed by atoms with Gasteiger partial charge in [-0.25, -0.2) is 0 Å². The van der Waals surface area contributed by atoms with E-state index in [1.54, 1.807) is 18.2 Å². The molecule has 0 bridgehead atoms. The molecule has 1 rings (SSSR count). The van der Waals surface area contributed by atoms with E-state index in [-0.39, 0.29) is 12.5 Å². The molecule has 0 radical (unpaired) electrons. The van der Waals surface area contributed by atoms with Gasteiger partial charge in [0.25, 0.3) is 0 Å². The van der Waals surface area contributed by atoms with E-state index in [9.17, 15) is 4.79 Å². The number of carbonyl (C=O) groups is 1. The van der Waals surface area contributed by atoms with Gasteiger partial charge in [0.1, 0.15) is 11.5 Å². The molecule has 0 saturated carbocycles. The van der Waals surface area contributed by atoms with Crippen LogP contribution in [0.5, 0.6) is 11.5 Å². The fourth-order valence-corrected chi connectivity index (χ4v) is 1.40. The average Bonchev–Trinajstić information content (AvgIpc) is 2.16. The van der Waals surface area contributed by atoms with Crippen molar-refractivity contribution in [2.24, 2.45) is 0 Å². The lowest BCUT2D eigenvalue weighted by atomic mass is 10.1. The van der Waals surface area contributed by atoms with Crippen LogP contribution in [0.2, 0.25) is 0 Å². The van der Waals surface area contributed by atoms with Gasteiger partial charge in [-0.05, 0) is 32.0 Å². The average molecular weight is 224 g/mol. The number of hydrogen-bond donors (Lipinski definition) is 1. The molecule has 0 amide bonds. The van der Waals surface area contributed by atoms with Crippen LogP contribution in [0.25, 0.3) is 0 Å². The van der Waals surface area contributed by atoms with Crippen molar-refractivity contribution in [3.05, 3.63) is 23.8 Å². The predicted molar refractivity (Wildman–Crippen MR) is 60.1 cm³/mol. The fourth-order valence-electron chi connectivity index (χ4n) is 1.40. The first-order chi connectivity index (χ1) is 7.52. The van der Waals surface area contributed by atoms with Crippen LogP contribution in [0.15, 0.2) is 18.2 Å². The third-order valence-corrected chi connectivity index (χ3v) is 1.97. The van der Waals surface area contributed by atoms with E-state index in [1.165, 1.54) is 7.11 Å². The summed E-state index contributed by atoms with van der Waals surface area (Å²) in [6.07, 6.45) is -0.00979. The number of carboxylic acids is 1. The molecule has 1 aromatic rings. The predicted octanol–water partition coefficient (Wildman–Crippen LogP) is 2.11. The number of carboxylic acid groups (broad SMARTS) is 1. The van der Waals surface area contributed by atoms with Crippen molar-refractivity contribution in [1.82, 2.24) is 0 Å². The summed E-state index contributed by atoms with van der Waals surface area (Å²) in [5.74, 6) is 0.338. The minimum absolute atomic E-state index is 0.0612. The lowest BCUT2D eigenvalue weighted by molar-refractivity contribution is -0.136. The van der Waals surface area contributed by atoms with Gasteiger partial charge in [-0.15, -0.1) is 0 Å². The summed E-state index contributed by atoms with van der Waals surface area (Å²) in [6, 6.07) is 5.19. The molecule has 0 fully saturated rings. The van der Waals surface area contributed by atoms with Crippen molar-refractivity contribution in [3.8, 4) is 11.5 Å². The smallest absolute Gasteiger partial charge is 0.307 e. The lowest BCUT2D eigenvalue weighted by Gasteiger charge is -2.12. The van der Waals surface area contributed by atoms with E-state index in [1.807, 2.05) is 13.8 Å². The minimum Gasteiger partial charge on any atom is -0.496 e. The third-order valence-electron chi connectivity index (χ3n) is 1.97. The molecule has 0 spiro atoms. The minimum atomic E-state index is -0.889. The van der Waals surface area contributed by atoms with Gasteiger partial charge in [0.05, 0.1) is 19.6 Å². The molecule has 0 aliphatic carbocycles. The quantitative estimate of drug-likeness (QED) is 0.832. The Labute approximate surface area is 94.8 Å². The molecule has 0 aliphatic heterocycles. The van der Waals surface area contributed by atoms with Gasteiger partial charge in [-0.1, -0.05) is 0 Å². The van der Waals surface area contributed by atoms with Gasteiger partial charge in [0.15, 0.2) is 0 Å². The Morgan fingerprint density at radius 2 is 2.12 bits per heavy atom. The van der Waals surface area contributed by atoms with Crippen LogP contribution in [0.3, 0.4) is 0 Å². The summed E-state index contributed by atoms with van der Waals surface area (Å²) in [7, 11) is 1.52. The highest BCUT2D eigenvalue weighted by Crippen LogP contribution is 2.25. The normalized spacial score (nSPS) is 10.2. The van der Waals surface area contributed by atoms with Gasteiger partial charge in [-0.2, -0.15) is 0 Å². The summed E-state index contributed by atoms with van der Waals surface area (Å²) in [6.45, 7) is 3.84. The highest BCUT2D eigenvalue weighted by molar-refractivity contribution is 5.71. The fraction of sp³-hybridized carbons (Fsp3) is 0.417. The summed E-state index contributed by atoms with van der Waals surface area (Å²) >= 11 is 0. The van der Waals surface area contributed by atoms with E-state index in [0.29, 0.717) is 17.1 Å². The summed E-state index contributed by atoms with van der Waals surface area (Å²) in [5.41, 5.74) is 0.619. The number of ether oxygens (including phenoxy) is 2. The van der Waals surface area contributed by atoms with Crippen molar-refractivity contribution >= 4 is 5.97 Å². The van der Waals surface area contributed by atoms with Crippen LogP contribution in [0, 0.1) is 0 Å². The van der Waals surface area contributed by atoms with Crippen molar-refractivity contribution in [1.29, 1.82) is 0 Å². The largest absolute Gasteiger partial charge is 0.496 e. The Morgan fingerprint density at radius 1 is 1.44 bits per heavy atom. The molecular formula is C12H16O4. The Balaban J connectivity index is 2.96. The van der Waals surface area contributed by atoms with Crippen molar-refractivity contribution in [3.63, 3.8) is 0 Å². The van der Waals surface area contributed by atoms with Gasteiger partial charge in [0.2, 0.25) is 0 Å². The van der Waals surface area contributed by atoms with Crippen molar-refractivity contribution in [2.75, 3.05) is 7.11 Å². The lowest BCUT2D eigenvalue weighted by Crippen LogP contribution is -2.07. The van der Waals surface area contributed by atoms with Crippen LogP contribution in [-0.2, 0) is 11.2 Å². The van der Waals surface area contributed by atoms with Crippen molar-refractivity contribution in [2.45, 2.75) is 26.4 Å². The van der Waals surface area contributed by atoms with Crippen LogP contribution in [0.1, 0.15) is 19.4 Å². The Morgan fingerprint density at radius 3 is 2.62 bits per heavy atom. The molecule has 4 heteroatoms. The van der Waals surface area contributed by atoms with Crippen LogP contribution < -0.4 is 9.47 Å². The van der Waals surface area contributed by atoms with Crippen LogP contribution in [-0.4, -0.2) is 24.3 Å². The standard InChI is InChI=1S/C12H16O4/c1-8(2)16-10-4-5-11(15-3)9(6-10)7-12(13)14/h4-6,8H,7H2,1-3H3,(H,13,14). The van der Waals surface area contributed by atoms with E-state index >= 15 is 0 Å². The number of rotatable bonds is 5. The Bertz CT molecular complexity index is 371. The SMILES string of the molecule is COc1ccc(OC(C)C)cc1CC(=O)O. The molecule has 0 aliphatic rings. The summed E-state index contributed by atoms with van der Waals surface area (Å²) < 4.78 is 10.6. The van der Waals surface area contributed by atoms with Gasteiger partial charge in [0, 0.05) is 5.56 Å². The second-order valence-electron chi connectivity index (χ2n) is 3.71. The molecular weight excluding hydrogens is 208 g/mol. The van der Waals surface area contributed by atoms with E-state index < -0.39 is 5.97 Å². The van der Waals surface area contributed by atoms with E-state index in [4.69, 9.17) is 14.6 Å². The topological polar surface area (TPSA) is 55.8 Å². The van der Waals surface area contributed by atoms with E-state index in [0.717, 1.165) is 0 Å². The molecule has 1 aromatic carbocycles. The van der Waals surface area contributed by atoms with Crippen LogP contribution in [0.4, 0.5) is 0 Å². The van der Waals surface area contributed by atoms with Gasteiger partial charge < -0.3 is 14.6 Å². The zero-order valence-corrected chi connectivity index (χ0v) is 9.69. The van der Waals surface area contributed by atoms with Crippen LogP contribution >= 0.6 is 0 Å². The molecule has 88 valence electrons. The monoisotopic (exact) mass is 224 g/mol. The second-order valence-corrected chi connectivity index (χ2v) is 3.71. The van der Waals surface area contributed by atoms with Gasteiger partial charge >= 0.3 is 5.97 Å². The molecule has 0 unspecified atom stereocenters. The Kier molecular flexibility index (Phi) is 4.17. The zero-order valence-electron chi connectivity index (χ0n) is 9.69. The number of aliphatic carboxylic acids is 1. The molecule has 1 N–H and O–H groups in total. The summed E-state index contributed by atoms with van der Waals surface area (Å²) in [5, 5.41) is 8.76. The molecule has 0 atom stereocenters. The maximum Gasteiger partial charge on any atom is 0.307 e. The Hall–Kier alpha value is -1.71. The second kappa shape index (κ2) is 5.39.